The molecule has 0 aromatic heterocycles. The highest BCUT2D eigenvalue weighted by atomic mass is 16.5. The van der Waals surface area contributed by atoms with Gasteiger partial charge in [0.15, 0.2) is 0 Å². The zero-order valence-electron chi connectivity index (χ0n) is 12.3. The lowest BCUT2D eigenvalue weighted by Gasteiger charge is -2.34. The number of methoxy groups -OCH3 is 1. The molecule has 18 heavy (non-hydrogen) atoms. The van der Waals surface area contributed by atoms with Crippen LogP contribution in [0.15, 0.2) is 0 Å². The summed E-state index contributed by atoms with van der Waals surface area (Å²) in [6.45, 7) is 8.78. The molecule has 0 spiro atoms. The third-order valence-corrected chi connectivity index (χ3v) is 3.58. The minimum Gasteiger partial charge on any atom is -0.468 e. The van der Waals surface area contributed by atoms with E-state index in [1.165, 1.54) is 32.8 Å². The Morgan fingerprint density at radius 2 is 2.11 bits per heavy atom. The number of carbonyl (C=O) groups excluding carboxylic acids is 1. The highest BCUT2D eigenvalue weighted by Crippen LogP contribution is 2.28. The van der Waals surface area contributed by atoms with E-state index >= 15 is 0 Å². The Bertz CT molecular complexity index is 267. The van der Waals surface area contributed by atoms with Gasteiger partial charge in [-0.15, -0.1) is 0 Å². The van der Waals surface area contributed by atoms with Crippen LogP contribution in [0.4, 0.5) is 0 Å². The van der Waals surface area contributed by atoms with Gasteiger partial charge in [0.2, 0.25) is 0 Å². The fourth-order valence-corrected chi connectivity index (χ4v) is 2.41. The molecule has 1 fully saturated rings. The molecule has 0 aromatic carbocycles. The Kier molecular flexibility index (Phi) is 6.09. The zero-order chi connectivity index (χ0) is 13.6. The van der Waals surface area contributed by atoms with Crippen molar-refractivity contribution >= 4 is 5.97 Å². The quantitative estimate of drug-likeness (QED) is 0.639. The van der Waals surface area contributed by atoms with Gasteiger partial charge in [0.05, 0.1) is 7.11 Å². The summed E-state index contributed by atoms with van der Waals surface area (Å²) < 4.78 is 4.95. The van der Waals surface area contributed by atoms with Gasteiger partial charge in [-0.3, -0.25) is 9.69 Å². The van der Waals surface area contributed by atoms with Crippen molar-refractivity contribution in [1.29, 1.82) is 0 Å². The summed E-state index contributed by atoms with van der Waals surface area (Å²) in [5, 5.41) is 3.28. The lowest BCUT2D eigenvalue weighted by atomic mass is 10.0. The van der Waals surface area contributed by atoms with Crippen molar-refractivity contribution < 1.29 is 9.53 Å². The van der Waals surface area contributed by atoms with Crippen LogP contribution in [0.2, 0.25) is 0 Å². The normalized spacial score (nSPS) is 18.7. The molecular formula is C14H28N2O2. The van der Waals surface area contributed by atoms with Crippen molar-refractivity contribution in [2.45, 2.75) is 58.0 Å². The van der Waals surface area contributed by atoms with Crippen LogP contribution in [0.1, 0.15) is 46.5 Å². The maximum absolute atomic E-state index is 12.0. The molecule has 4 nitrogen and oxygen atoms in total. The first kappa shape index (κ1) is 15.4. The second kappa shape index (κ2) is 7.10. The Balaban J connectivity index is 2.63. The van der Waals surface area contributed by atoms with Crippen LogP contribution in [-0.2, 0) is 9.53 Å². The fourth-order valence-electron chi connectivity index (χ4n) is 2.41. The second-order valence-electron chi connectivity index (χ2n) is 5.41. The summed E-state index contributed by atoms with van der Waals surface area (Å²) in [6.07, 6.45) is 4.93. The lowest BCUT2D eigenvalue weighted by Crippen LogP contribution is -2.57. The number of nitrogens with zero attached hydrogens (tertiary/aromatic N) is 1. The van der Waals surface area contributed by atoms with Crippen molar-refractivity contribution in [1.82, 2.24) is 10.2 Å². The third-order valence-electron chi connectivity index (χ3n) is 3.58. The molecule has 0 aromatic rings. The van der Waals surface area contributed by atoms with E-state index in [0.29, 0.717) is 6.04 Å². The predicted molar refractivity (Wildman–Crippen MR) is 73.6 cm³/mol. The average Bonchev–Trinajstić information content (AvgIpc) is 3.18. The first-order chi connectivity index (χ1) is 8.57. The molecule has 1 N–H and O–H groups in total. The Morgan fingerprint density at radius 3 is 2.56 bits per heavy atom. The van der Waals surface area contributed by atoms with Crippen LogP contribution in [0, 0.1) is 0 Å². The molecule has 0 amide bonds. The van der Waals surface area contributed by atoms with Gasteiger partial charge < -0.3 is 10.1 Å². The minimum absolute atomic E-state index is 0.161. The van der Waals surface area contributed by atoms with Crippen molar-refractivity contribution in [2.24, 2.45) is 0 Å². The molecule has 0 aliphatic heterocycles. The SMILES string of the molecule is CCCCN(CC(C)(NCC)C(=O)OC)C1CC1. The predicted octanol–water partition coefficient (Wildman–Crippen LogP) is 1.79. The first-order valence-corrected chi connectivity index (χ1v) is 7.14. The number of hydrogen-bond donors (Lipinski definition) is 1. The smallest absolute Gasteiger partial charge is 0.327 e. The van der Waals surface area contributed by atoms with Crippen LogP contribution >= 0.6 is 0 Å². The van der Waals surface area contributed by atoms with Crippen molar-refractivity contribution in [2.75, 3.05) is 26.7 Å². The highest BCUT2D eigenvalue weighted by molar-refractivity contribution is 5.80. The lowest BCUT2D eigenvalue weighted by molar-refractivity contribution is -0.148. The summed E-state index contributed by atoms with van der Waals surface area (Å²) in [7, 11) is 1.46. The molecule has 0 saturated heterocycles. The van der Waals surface area contributed by atoms with Gasteiger partial charge >= 0.3 is 5.97 Å². The molecule has 4 heteroatoms. The third kappa shape index (κ3) is 4.25. The molecule has 106 valence electrons. The molecule has 0 heterocycles. The van der Waals surface area contributed by atoms with Crippen LogP contribution in [0.5, 0.6) is 0 Å². The number of hydrogen-bond acceptors (Lipinski definition) is 4. The minimum atomic E-state index is -0.584. The number of ether oxygens (including phenoxy) is 1. The van der Waals surface area contributed by atoms with Crippen molar-refractivity contribution in [3.63, 3.8) is 0 Å². The summed E-state index contributed by atoms with van der Waals surface area (Å²) >= 11 is 0. The molecule has 1 aliphatic carbocycles. The van der Waals surface area contributed by atoms with Crippen LogP contribution in [0.25, 0.3) is 0 Å². The molecular weight excluding hydrogens is 228 g/mol. The van der Waals surface area contributed by atoms with E-state index in [1.807, 2.05) is 13.8 Å². The highest BCUT2D eigenvalue weighted by Gasteiger charge is 2.39. The second-order valence-corrected chi connectivity index (χ2v) is 5.41. The van der Waals surface area contributed by atoms with Crippen molar-refractivity contribution in [3.8, 4) is 0 Å². The van der Waals surface area contributed by atoms with Gasteiger partial charge in [-0.05, 0) is 39.3 Å². The summed E-state index contributed by atoms with van der Waals surface area (Å²) in [6, 6.07) is 0.680. The first-order valence-electron chi connectivity index (χ1n) is 7.14. The Labute approximate surface area is 111 Å². The molecule has 1 aliphatic rings. The standard InChI is InChI=1S/C14H28N2O2/c1-5-7-10-16(12-8-9-12)11-14(3,15-6-2)13(17)18-4/h12,15H,5-11H2,1-4H3. The maximum Gasteiger partial charge on any atom is 0.327 e. The van der Waals surface area contributed by atoms with E-state index in [1.54, 1.807) is 0 Å². The summed E-state index contributed by atoms with van der Waals surface area (Å²) in [5.41, 5.74) is -0.584. The van der Waals surface area contributed by atoms with E-state index < -0.39 is 5.54 Å². The Morgan fingerprint density at radius 1 is 1.44 bits per heavy atom. The molecule has 0 radical (unpaired) electrons. The van der Waals surface area contributed by atoms with E-state index in [9.17, 15) is 4.79 Å². The molecule has 1 atom stereocenters. The van der Waals surface area contributed by atoms with E-state index in [2.05, 4.69) is 17.1 Å². The van der Waals surface area contributed by atoms with Gasteiger partial charge in [0, 0.05) is 12.6 Å². The number of esters is 1. The molecule has 1 unspecified atom stereocenters. The summed E-state index contributed by atoms with van der Waals surface area (Å²) in [5.74, 6) is -0.161. The number of unbranched alkanes of at least 4 members (excludes halogenated alkanes) is 1. The van der Waals surface area contributed by atoms with Gasteiger partial charge in [0.1, 0.15) is 5.54 Å². The molecule has 0 bridgehead atoms. The van der Waals surface area contributed by atoms with E-state index in [-0.39, 0.29) is 5.97 Å². The van der Waals surface area contributed by atoms with E-state index in [4.69, 9.17) is 4.74 Å². The fraction of sp³-hybridized carbons (Fsp3) is 0.929. The monoisotopic (exact) mass is 256 g/mol. The molecule has 1 rings (SSSR count). The van der Waals surface area contributed by atoms with Gasteiger partial charge in [-0.1, -0.05) is 20.3 Å². The van der Waals surface area contributed by atoms with Crippen molar-refractivity contribution in [3.05, 3.63) is 0 Å². The number of nitrogens with one attached hydrogen (secondary N) is 1. The number of likely N-dealkylation sites (N-methyl/N-ethyl adjacent to an activating group) is 1. The maximum atomic E-state index is 12.0. The van der Waals surface area contributed by atoms with Crippen LogP contribution in [0.3, 0.4) is 0 Å². The zero-order valence-corrected chi connectivity index (χ0v) is 12.3. The number of carbonyl (C=O) groups is 1. The number of rotatable bonds is 9. The van der Waals surface area contributed by atoms with Crippen LogP contribution in [-0.4, -0.2) is 49.2 Å². The van der Waals surface area contributed by atoms with Gasteiger partial charge in [-0.2, -0.15) is 0 Å². The molecule has 1 saturated carbocycles. The Hall–Kier alpha value is -0.610. The van der Waals surface area contributed by atoms with Gasteiger partial charge in [0.25, 0.3) is 0 Å². The average molecular weight is 256 g/mol. The largest absolute Gasteiger partial charge is 0.468 e. The van der Waals surface area contributed by atoms with Gasteiger partial charge in [-0.25, -0.2) is 0 Å². The topological polar surface area (TPSA) is 41.6 Å². The van der Waals surface area contributed by atoms with Crippen LogP contribution < -0.4 is 5.32 Å². The summed E-state index contributed by atoms with van der Waals surface area (Å²) in [4.78, 5) is 14.4. The van der Waals surface area contributed by atoms with E-state index in [0.717, 1.165) is 19.6 Å².